The molecule has 0 aromatic heterocycles. The highest BCUT2D eigenvalue weighted by molar-refractivity contribution is 4.92. The summed E-state index contributed by atoms with van der Waals surface area (Å²) < 4.78 is 5.74. The van der Waals surface area contributed by atoms with Crippen LogP contribution < -0.4 is 0 Å². The molecule has 2 rings (SSSR count). The molecule has 4 atom stereocenters. The molecule has 3 nitrogen and oxygen atoms in total. The third-order valence-corrected chi connectivity index (χ3v) is 3.75. The second kappa shape index (κ2) is 4.17. The van der Waals surface area contributed by atoms with Crippen LogP contribution in [0.25, 0.3) is 0 Å². The molecule has 0 bridgehead atoms. The lowest BCUT2D eigenvalue weighted by molar-refractivity contribution is -0.0855. The first-order chi connectivity index (χ1) is 6.70. The molecule has 0 radical (unpaired) electrons. The van der Waals surface area contributed by atoms with Gasteiger partial charge in [0, 0.05) is 18.6 Å². The van der Waals surface area contributed by atoms with Crippen molar-refractivity contribution in [2.45, 2.75) is 57.4 Å². The Bertz CT molecular complexity index is 196. The first-order valence-electron chi connectivity index (χ1n) is 5.75. The van der Waals surface area contributed by atoms with Crippen molar-refractivity contribution in [2.24, 2.45) is 0 Å². The maximum atomic E-state index is 9.61. The van der Waals surface area contributed by atoms with Gasteiger partial charge >= 0.3 is 0 Å². The van der Waals surface area contributed by atoms with Gasteiger partial charge in [0.05, 0.1) is 18.8 Å². The van der Waals surface area contributed by atoms with Gasteiger partial charge < -0.3 is 9.84 Å². The molecule has 1 saturated carbocycles. The second-order valence-electron chi connectivity index (χ2n) is 4.63. The number of rotatable bonds is 2. The summed E-state index contributed by atoms with van der Waals surface area (Å²) in [4.78, 5) is 2.44. The monoisotopic (exact) mass is 199 g/mol. The first kappa shape index (κ1) is 10.4. The van der Waals surface area contributed by atoms with Crippen LogP contribution in [-0.2, 0) is 4.74 Å². The summed E-state index contributed by atoms with van der Waals surface area (Å²) in [6, 6.07) is 0.831. The summed E-state index contributed by atoms with van der Waals surface area (Å²) in [5.74, 6) is 0. The van der Waals surface area contributed by atoms with Gasteiger partial charge in [-0.05, 0) is 33.1 Å². The van der Waals surface area contributed by atoms with Crippen molar-refractivity contribution < 1.29 is 9.84 Å². The molecule has 0 spiro atoms. The van der Waals surface area contributed by atoms with Crippen molar-refractivity contribution in [3.8, 4) is 0 Å². The van der Waals surface area contributed by atoms with Crippen molar-refractivity contribution in [3.05, 3.63) is 0 Å². The zero-order valence-corrected chi connectivity index (χ0v) is 9.15. The van der Waals surface area contributed by atoms with Crippen LogP contribution >= 0.6 is 0 Å². The number of morpholine rings is 1. The van der Waals surface area contributed by atoms with Crippen molar-refractivity contribution in [3.63, 3.8) is 0 Å². The molecule has 2 aliphatic rings. The average Bonchev–Trinajstić information content (AvgIpc) is 2.63. The molecule has 0 aromatic carbocycles. The Morgan fingerprint density at radius 1 is 1.36 bits per heavy atom. The van der Waals surface area contributed by atoms with Crippen molar-refractivity contribution >= 4 is 0 Å². The van der Waals surface area contributed by atoms with Crippen molar-refractivity contribution in [1.29, 1.82) is 0 Å². The van der Waals surface area contributed by atoms with Crippen molar-refractivity contribution in [2.75, 3.05) is 13.2 Å². The number of aliphatic hydroxyl groups excluding tert-OH is 1. The number of fused-ring (bicyclic) bond motifs is 1. The minimum atomic E-state index is -0.241. The summed E-state index contributed by atoms with van der Waals surface area (Å²) in [7, 11) is 0. The molecule has 1 aliphatic heterocycles. The van der Waals surface area contributed by atoms with Gasteiger partial charge in [0.2, 0.25) is 0 Å². The summed E-state index contributed by atoms with van der Waals surface area (Å²) in [5, 5.41) is 9.61. The molecule has 82 valence electrons. The van der Waals surface area contributed by atoms with Gasteiger partial charge in [0.1, 0.15) is 0 Å². The lowest BCUT2D eigenvalue weighted by atomic mass is 10.1. The van der Waals surface area contributed by atoms with Crippen molar-refractivity contribution in [1.82, 2.24) is 4.90 Å². The van der Waals surface area contributed by atoms with Crippen LogP contribution in [0.15, 0.2) is 0 Å². The summed E-state index contributed by atoms with van der Waals surface area (Å²) in [5.41, 5.74) is 0. The Balaban J connectivity index is 2.02. The van der Waals surface area contributed by atoms with Crippen LogP contribution in [0.3, 0.4) is 0 Å². The van der Waals surface area contributed by atoms with E-state index in [1.54, 1.807) is 0 Å². The molecule has 14 heavy (non-hydrogen) atoms. The smallest absolute Gasteiger partial charge is 0.0731 e. The lowest BCUT2D eigenvalue weighted by Crippen LogP contribution is -2.54. The highest BCUT2D eigenvalue weighted by Crippen LogP contribution is 2.31. The number of hydrogen-bond donors (Lipinski definition) is 1. The van der Waals surface area contributed by atoms with E-state index in [9.17, 15) is 5.11 Å². The Morgan fingerprint density at radius 3 is 2.86 bits per heavy atom. The minimum Gasteiger partial charge on any atom is -0.392 e. The van der Waals surface area contributed by atoms with Crippen LogP contribution in [0.1, 0.15) is 33.1 Å². The Labute approximate surface area is 86.0 Å². The van der Waals surface area contributed by atoms with Gasteiger partial charge in [-0.1, -0.05) is 0 Å². The van der Waals surface area contributed by atoms with Gasteiger partial charge in [-0.2, -0.15) is 0 Å². The number of hydrogen-bond acceptors (Lipinski definition) is 3. The molecule has 1 aliphatic carbocycles. The highest BCUT2D eigenvalue weighted by atomic mass is 16.5. The predicted molar refractivity (Wildman–Crippen MR) is 55.2 cm³/mol. The van der Waals surface area contributed by atoms with Gasteiger partial charge in [0.15, 0.2) is 0 Å². The SMILES string of the molecule is CC(O)C(C)N1CCOC2CCCC21. The topological polar surface area (TPSA) is 32.7 Å². The molecular weight excluding hydrogens is 178 g/mol. The van der Waals surface area contributed by atoms with Crippen LogP contribution in [0, 0.1) is 0 Å². The van der Waals surface area contributed by atoms with E-state index in [1.165, 1.54) is 19.3 Å². The lowest BCUT2D eigenvalue weighted by Gasteiger charge is -2.42. The van der Waals surface area contributed by atoms with E-state index in [-0.39, 0.29) is 12.1 Å². The Morgan fingerprint density at radius 2 is 2.14 bits per heavy atom. The molecule has 0 aromatic rings. The average molecular weight is 199 g/mol. The molecule has 1 N–H and O–H groups in total. The minimum absolute atomic E-state index is 0.241. The van der Waals surface area contributed by atoms with E-state index in [0.29, 0.717) is 12.1 Å². The summed E-state index contributed by atoms with van der Waals surface area (Å²) in [6.07, 6.45) is 3.91. The predicted octanol–water partition coefficient (Wildman–Crippen LogP) is 1.01. The fourth-order valence-electron chi connectivity index (χ4n) is 2.74. The first-order valence-corrected chi connectivity index (χ1v) is 5.75. The Hall–Kier alpha value is -0.120. The second-order valence-corrected chi connectivity index (χ2v) is 4.63. The molecular formula is C11H21NO2. The van der Waals surface area contributed by atoms with Crippen LogP contribution in [0.4, 0.5) is 0 Å². The highest BCUT2D eigenvalue weighted by Gasteiger charge is 2.38. The maximum absolute atomic E-state index is 9.61. The summed E-state index contributed by atoms with van der Waals surface area (Å²) >= 11 is 0. The standard InChI is InChI=1S/C11H21NO2/c1-8(9(2)13)12-6-7-14-11-5-3-4-10(11)12/h8-11,13H,3-7H2,1-2H3. The number of ether oxygens (including phenoxy) is 1. The van der Waals surface area contributed by atoms with E-state index in [4.69, 9.17) is 4.74 Å². The fourth-order valence-corrected chi connectivity index (χ4v) is 2.74. The normalized spacial score (nSPS) is 37.9. The zero-order chi connectivity index (χ0) is 10.1. The van der Waals surface area contributed by atoms with E-state index in [1.807, 2.05) is 6.92 Å². The number of aliphatic hydroxyl groups is 1. The molecule has 4 unspecified atom stereocenters. The van der Waals surface area contributed by atoms with Crippen LogP contribution in [-0.4, -0.2) is 47.4 Å². The quantitative estimate of drug-likeness (QED) is 0.720. The molecule has 0 amide bonds. The van der Waals surface area contributed by atoms with Crippen LogP contribution in [0.2, 0.25) is 0 Å². The van der Waals surface area contributed by atoms with Gasteiger partial charge in [0.25, 0.3) is 0 Å². The van der Waals surface area contributed by atoms with Gasteiger partial charge in [-0.25, -0.2) is 0 Å². The zero-order valence-electron chi connectivity index (χ0n) is 9.15. The molecule has 3 heteroatoms. The largest absolute Gasteiger partial charge is 0.392 e. The molecule has 1 heterocycles. The fraction of sp³-hybridized carbons (Fsp3) is 1.00. The van der Waals surface area contributed by atoms with Gasteiger partial charge in [-0.3, -0.25) is 4.90 Å². The van der Waals surface area contributed by atoms with Gasteiger partial charge in [-0.15, -0.1) is 0 Å². The molecule has 1 saturated heterocycles. The van der Waals surface area contributed by atoms with Crippen LogP contribution in [0.5, 0.6) is 0 Å². The third-order valence-electron chi connectivity index (χ3n) is 3.75. The van der Waals surface area contributed by atoms with E-state index >= 15 is 0 Å². The third kappa shape index (κ3) is 1.81. The van der Waals surface area contributed by atoms with E-state index < -0.39 is 0 Å². The van der Waals surface area contributed by atoms with E-state index in [0.717, 1.165) is 13.2 Å². The Kier molecular flexibility index (Phi) is 3.10. The maximum Gasteiger partial charge on any atom is 0.0731 e. The summed E-state index contributed by atoms with van der Waals surface area (Å²) in [6.45, 7) is 5.81. The van der Waals surface area contributed by atoms with E-state index in [2.05, 4.69) is 11.8 Å². The number of nitrogens with zero attached hydrogens (tertiary/aromatic N) is 1. The molecule has 2 fully saturated rings.